The van der Waals surface area contributed by atoms with Crippen LogP contribution in [-0.2, 0) is 0 Å². The van der Waals surface area contributed by atoms with E-state index in [2.05, 4.69) is 26.2 Å². The van der Waals surface area contributed by atoms with Gasteiger partial charge in [0.15, 0.2) is 0 Å². The third-order valence-electron chi connectivity index (χ3n) is 1.28. The summed E-state index contributed by atoms with van der Waals surface area (Å²) in [6.45, 7) is 11.2. The van der Waals surface area contributed by atoms with Gasteiger partial charge in [0.05, 0.1) is 0 Å². The lowest BCUT2D eigenvalue weighted by molar-refractivity contribution is 1.33. The molecule has 0 N–H and O–H groups in total. The van der Waals surface area contributed by atoms with Crippen LogP contribution >= 0.6 is 0 Å². The summed E-state index contributed by atoms with van der Waals surface area (Å²) < 4.78 is 0. The van der Waals surface area contributed by atoms with E-state index in [0.29, 0.717) is 0 Å². The molecule has 0 aromatic carbocycles. The molecular weight excluding hydrogens is 140 g/mol. The third kappa shape index (κ3) is 6.05. The Morgan fingerprint density at radius 3 is 2.00 bits per heavy atom. The van der Waals surface area contributed by atoms with E-state index >= 15 is 0 Å². The molecule has 9 heavy (non-hydrogen) atoms. The zero-order chi connectivity index (χ0) is 7.49. The molecule has 0 amide bonds. The minimum absolute atomic E-state index is 0.819. The Morgan fingerprint density at radius 2 is 1.89 bits per heavy atom. The Hall–Kier alpha value is 0.174. The van der Waals surface area contributed by atoms with Gasteiger partial charge in [-0.15, -0.1) is 6.58 Å². The molecular formula is C7H18Si2. The molecule has 0 aromatic heterocycles. The Morgan fingerprint density at radius 1 is 1.44 bits per heavy atom. The maximum absolute atomic E-state index is 4.03. The van der Waals surface area contributed by atoms with Gasteiger partial charge < -0.3 is 0 Å². The molecule has 0 saturated heterocycles. The fraction of sp³-hybridized carbons (Fsp3) is 0.714. The van der Waals surface area contributed by atoms with Crippen molar-refractivity contribution in [1.29, 1.82) is 0 Å². The molecule has 0 saturated carbocycles. The van der Waals surface area contributed by atoms with Crippen LogP contribution in [0.2, 0.25) is 31.7 Å². The fourth-order valence-corrected chi connectivity index (χ4v) is 3.37. The maximum Gasteiger partial charge on any atom is 0.0482 e. The lowest BCUT2D eigenvalue weighted by atomic mass is 10.4. The monoisotopic (exact) mass is 158 g/mol. The normalized spacial score (nSPS) is 11.9. The van der Waals surface area contributed by atoms with Gasteiger partial charge in [0, 0.05) is 18.3 Å². The highest BCUT2D eigenvalue weighted by molar-refractivity contribution is 6.76. The second kappa shape index (κ2) is 3.37. The highest BCUT2D eigenvalue weighted by Gasteiger charge is 2.12. The van der Waals surface area contributed by atoms with Crippen LogP contribution in [-0.4, -0.2) is 18.3 Å². The molecule has 0 bridgehead atoms. The zero-order valence-corrected chi connectivity index (χ0v) is 10.1. The van der Waals surface area contributed by atoms with Gasteiger partial charge in [0.1, 0.15) is 0 Å². The first kappa shape index (κ1) is 9.17. The first-order valence-corrected chi connectivity index (χ1v) is 8.74. The van der Waals surface area contributed by atoms with Crippen LogP contribution in [0.15, 0.2) is 12.2 Å². The Labute approximate surface area is 62.8 Å². The molecule has 0 unspecified atom stereocenters. The Bertz CT molecular complexity index is 100.0. The van der Waals surface area contributed by atoms with Gasteiger partial charge in [-0.3, -0.25) is 0 Å². The number of rotatable bonds is 3. The molecule has 0 heterocycles. The van der Waals surface area contributed by atoms with Gasteiger partial charge in [-0.05, 0) is 12.1 Å². The Kier molecular flexibility index (Phi) is 3.43. The van der Waals surface area contributed by atoms with Crippen molar-refractivity contribution in [1.82, 2.24) is 0 Å². The summed E-state index contributed by atoms with van der Waals surface area (Å²) in [7, 11) is 0.470. The van der Waals surface area contributed by atoms with Gasteiger partial charge >= 0.3 is 0 Å². The van der Waals surface area contributed by atoms with Crippen molar-refractivity contribution in [2.75, 3.05) is 0 Å². The molecule has 0 nitrogen and oxygen atoms in total. The van der Waals surface area contributed by atoms with E-state index in [4.69, 9.17) is 0 Å². The number of allylic oxidation sites excluding steroid dienone is 1. The second-order valence-corrected chi connectivity index (χ2v) is 10.0. The van der Waals surface area contributed by atoms with Crippen LogP contribution in [0.25, 0.3) is 0 Å². The molecule has 54 valence electrons. The van der Waals surface area contributed by atoms with Crippen LogP contribution in [0, 0.1) is 0 Å². The summed E-state index contributed by atoms with van der Waals surface area (Å²) in [6.07, 6.45) is 0. The highest BCUT2D eigenvalue weighted by atomic mass is 28.3. The standard InChI is InChI=1S/C7H18Si2/c1-7(5-8)6-9(2,3)4/h1,5-6H2,2-4,8H3. The summed E-state index contributed by atoms with van der Waals surface area (Å²) in [6, 6.07) is 2.63. The van der Waals surface area contributed by atoms with Crippen molar-refractivity contribution in [3.8, 4) is 0 Å². The highest BCUT2D eigenvalue weighted by Crippen LogP contribution is 2.15. The van der Waals surface area contributed by atoms with Crippen molar-refractivity contribution < 1.29 is 0 Å². The first-order valence-electron chi connectivity index (χ1n) is 3.62. The summed E-state index contributed by atoms with van der Waals surface area (Å²) in [4.78, 5) is 0. The van der Waals surface area contributed by atoms with Crippen molar-refractivity contribution in [2.45, 2.75) is 31.7 Å². The molecule has 0 atom stereocenters. The average Bonchev–Trinajstić information content (AvgIpc) is 1.62. The molecule has 0 aliphatic heterocycles. The lowest BCUT2D eigenvalue weighted by Gasteiger charge is -2.16. The third-order valence-corrected chi connectivity index (χ3v) is 3.84. The minimum atomic E-state index is -0.819. The van der Waals surface area contributed by atoms with Crippen LogP contribution < -0.4 is 0 Å². The predicted octanol–water partition coefficient (Wildman–Crippen LogP) is 1.66. The van der Waals surface area contributed by atoms with E-state index in [-0.39, 0.29) is 0 Å². The van der Waals surface area contributed by atoms with E-state index < -0.39 is 8.07 Å². The molecule has 0 radical (unpaired) electrons. The van der Waals surface area contributed by atoms with Gasteiger partial charge in [0.25, 0.3) is 0 Å². The molecule has 0 aliphatic carbocycles. The summed E-state index contributed by atoms with van der Waals surface area (Å²) in [5.74, 6) is 0. The first-order chi connectivity index (χ1) is 3.95. The predicted molar refractivity (Wildman–Crippen MR) is 52.0 cm³/mol. The molecule has 2 heteroatoms. The quantitative estimate of drug-likeness (QED) is 0.433. The van der Waals surface area contributed by atoms with Gasteiger partial charge in [0.2, 0.25) is 0 Å². The van der Waals surface area contributed by atoms with Gasteiger partial charge in [-0.2, -0.15) is 0 Å². The largest absolute Gasteiger partial charge is 0.100 e. The van der Waals surface area contributed by atoms with Gasteiger partial charge in [-0.25, -0.2) is 0 Å². The number of hydrogen-bond donors (Lipinski definition) is 0. The Balaban J connectivity index is 3.60. The van der Waals surface area contributed by atoms with Crippen LogP contribution in [0.4, 0.5) is 0 Å². The molecule has 0 rings (SSSR count). The van der Waals surface area contributed by atoms with Crippen molar-refractivity contribution >= 4 is 18.3 Å². The smallest absolute Gasteiger partial charge is 0.0482 e. The zero-order valence-electron chi connectivity index (χ0n) is 7.12. The molecule has 0 fully saturated rings. The SMILES string of the molecule is C=C(C[SiH3])C[Si](C)(C)C. The number of hydrogen-bond acceptors (Lipinski definition) is 0. The van der Waals surface area contributed by atoms with Crippen LogP contribution in [0.1, 0.15) is 0 Å². The molecule has 0 aliphatic rings. The van der Waals surface area contributed by atoms with Crippen molar-refractivity contribution in [3.63, 3.8) is 0 Å². The summed E-state index contributed by atoms with van der Waals surface area (Å²) in [5, 5.41) is 0. The fourth-order valence-electron chi connectivity index (χ4n) is 0.875. The van der Waals surface area contributed by atoms with E-state index in [1.807, 2.05) is 0 Å². The van der Waals surface area contributed by atoms with Crippen LogP contribution in [0.5, 0.6) is 0 Å². The van der Waals surface area contributed by atoms with Crippen molar-refractivity contribution in [2.24, 2.45) is 0 Å². The van der Waals surface area contributed by atoms with Crippen LogP contribution in [0.3, 0.4) is 0 Å². The van der Waals surface area contributed by atoms with E-state index in [0.717, 1.165) is 0 Å². The molecule has 0 spiro atoms. The maximum atomic E-state index is 4.03. The minimum Gasteiger partial charge on any atom is -0.100 e. The lowest BCUT2D eigenvalue weighted by Crippen LogP contribution is -2.19. The topological polar surface area (TPSA) is 0 Å². The average molecular weight is 158 g/mol. The van der Waals surface area contributed by atoms with Crippen molar-refractivity contribution in [3.05, 3.63) is 12.2 Å². The molecule has 0 aromatic rings. The summed E-state index contributed by atoms with van der Waals surface area (Å²) in [5.41, 5.74) is 1.49. The van der Waals surface area contributed by atoms with Gasteiger partial charge in [-0.1, -0.05) is 25.2 Å². The van der Waals surface area contributed by atoms with E-state index in [1.54, 1.807) is 0 Å². The second-order valence-electron chi connectivity index (χ2n) is 3.84. The van der Waals surface area contributed by atoms with E-state index in [9.17, 15) is 0 Å². The summed E-state index contributed by atoms with van der Waals surface area (Å²) >= 11 is 0. The van der Waals surface area contributed by atoms with E-state index in [1.165, 1.54) is 27.9 Å².